The molecule has 1 saturated carbocycles. The van der Waals surface area contributed by atoms with Gasteiger partial charge < -0.3 is 15.0 Å². The number of hydrogen-bond donors (Lipinski definition) is 1. The van der Waals surface area contributed by atoms with E-state index in [0.717, 1.165) is 47.4 Å². The lowest BCUT2D eigenvalue weighted by Crippen LogP contribution is -2.31. The number of carbonyl (C=O) groups is 2. The Kier molecular flexibility index (Phi) is 7.58. The van der Waals surface area contributed by atoms with Gasteiger partial charge in [-0.25, -0.2) is 4.39 Å². The molecule has 4 rings (SSSR count). The Balaban J connectivity index is 1.33. The van der Waals surface area contributed by atoms with E-state index in [1.54, 1.807) is 18.1 Å². The highest BCUT2D eigenvalue weighted by Gasteiger charge is 2.34. The summed E-state index contributed by atoms with van der Waals surface area (Å²) in [7, 11) is 1.63. The monoisotopic (exact) mass is 460 g/mol. The first-order valence-electron chi connectivity index (χ1n) is 11.6. The number of methoxy groups -OCH3 is 1. The Morgan fingerprint density at radius 3 is 2.32 bits per heavy atom. The number of hydrogen-bond acceptors (Lipinski definition) is 3. The molecule has 1 aliphatic rings. The van der Waals surface area contributed by atoms with Crippen molar-refractivity contribution in [1.29, 1.82) is 0 Å². The fourth-order valence-corrected chi connectivity index (χ4v) is 3.85. The van der Waals surface area contributed by atoms with Crippen LogP contribution in [0.15, 0.2) is 72.8 Å². The highest BCUT2D eigenvalue weighted by molar-refractivity contribution is 5.96. The van der Waals surface area contributed by atoms with Crippen molar-refractivity contribution in [3.8, 4) is 5.75 Å². The van der Waals surface area contributed by atoms with Crippen LogP contribution >= 0.6 is 0 Å². The Labute approximate surface area is 199 Å². The summed E-state index contributed by atoms with van der Waals surface area (Å²) in [6.45, 7) is 0.874. The number of carbonyl (C=O) groups excluding carboxylic acids is 2. The van der Waals surface area contributed by atoms with Crippen LogP contribution in [0.25, 0.3) is 0 Å². The molecule has 0 unspecified atom stereocenters. The number of anilines is 1. The first-order chi connectivity index (χ1) is 16.5. The van der Waals surface area contributed by atoms with Gasteiger partial charge in [-0.3, -0.25) is 9.59 Å². The van der Waals surface area contributed by atoms with E-state index in [1.807, 2.05) is 54.6 Å². The number of rotatable bonds is 10. The zero-order valence-electron chi connectivity index (χ0n) is 19.3. The first kappa shape index (κ1) is 23.5. The molecule has 176 valence electrons. The second kappa shape index (κ2) is 11.0. The number of benzene rings is 3. The zero-order valence-corrected chi connectivity index (χ0v) is 19.3. The zero-order chi connectivity index (χ0) is 23.9. The van der Waals surface area contributed by atoms with Crippen molar-refractivity contribution in [3.63, 3.8) is 0 Å². The predicted molar refractivity (Wildman–Crippen MR) is 130 cm³/mol. The maximum atomic E-state index is 13.6. The topological polar surface area (TPSA) is 58.6 Å². The lowest BCUT2D eigenvalue weighted by molar-refractivity contribution is -0.121. The summed E-state index contributed by atoms with van der Waals surface area (Å²) in [5.74, 6) is 0.555. The van der Waals surface area contributed by atoms with Gasteiger partial charge in [0.25, 0.3) is 0 Å². The molecule has 0 spiro atoms. The average molecular weight is 461 g/mol. The third-order valence-electron chi connectivity index (χ3n) is 5.93. The molecule has 0 atom stereocenters. The molecule has 0 aliphatic heterocycles. The van der Waals surface area contributed by atoms with E-state index in [4.69, 9.17) is 4.74 Å². The minimum atomic E-state index is -0.315. The van der Waals surface area contributed by atoms with Crippen LogP contribution in [0, 0.1) is 11.7 Å². The number of nitrogens with zero attached hydrogens (tertiary/aromatic N) is 1. The van der Waals surface area contributed by atoms with Crippen LogP contribution in [0.3, 0.4) is 0 Å². The molecular formula is C28H29FN2O3. The molecule has 0 saturated heterocycles. The molecule has 0 radical (unpaired) electrons. The molecule has 2 amide bonds. The van der Waals surface area contributed by atoms with Crippen LogP contribution in [0.1, 0.15) is 29.5 Å². The van der Waals surface area contributed by atoms with Crippen LogP contribution in [0.4, 0.5) is 10.1 Å². The van der Waals surface area contributed by atoms with Gasteiger partial charge in [-0.05, 0) is 72.4 Å². The average Bonchev–Trinajstić information content (AvgIpc) is 3.69. The highest BCUT2D eigenvalue weighted by Crippen LogP contribution is 2.33. The Morgan fingerprint density at radius 1 is 0.971 bits per heavy atom. The molecule has 1 aliphatic carbocycles. The van der Waals surface area contributed by atoms with Gasteiger partial charge in [0.15, 0.2) is 0 Å². The van der Waals surface area contributed by atoms with Crippen LogP contribution in [-0.4, -0.2) is 25.5 Å². The van der Waals surface area contributed by atoms with Gasteiger partial charge in [0, 0.05) is 18.2 Å². The van der Waals surface area contributed by atoms with Crippen LogP contribution in [0.5, 0.6) is 5.75 Å². The summed E-state index contributed by atoms with van der Waals surface area (Å²) >= 11 is 0. The van der Waals surface area contributed by atoms with Gasteiger partial charge in [0.2, 0.25) is 11.8 Å². The molecule has 6 heteroatoms. The highest BCUT2D eigenvalue weighted by atomic mass is 19.1. The Bertz CT molecular complexity index is 1130. The number of nitrogens with one attached hydrogen (secondary N) is 1. The van der Waals surface area contributed by atoms with Gasteiger partial charge in [0.1, 0.15) is 11.6 Å². The summed E-state index contributed by atoms with van der Waals surface area (Å²) in [5, 5.41) is 2.95. The van der Waals surface area contributed by atoms with E-state index in [2.05, 4.69) is 5.32 Å². The van der Waals surface area contributed by atoms with Crippen molar-refractivity contribution < 1.29 is 18.7 Å². The van der Waals surface area contributed by atoms with Gasteiger partial charge in [-0.1, -0.05) is 36.4 Å². The van der Waals surface area contributed by atoms with Crippen LogP contribution < -0.4 is 15.0 Å². The van der Waals surface area contributed by atoms with E-state index in [9.17, 15) is 14.0 Å². The molecule has 34 heavy (non-hydrogen) atoms. The largest absolute Gasteiger partial charge is 0.497 e. The van der Waals surface area contributed by atoms with Gasteiger partial charge in [-0.15, -0.1) is 0 Å². The number of ether oxygens (including phenoxy) is 1. The predicted octanol–water partition coefficient (Wildman–Crippen LogP) is 4.68. The second-order valence-corrected chi connectivity index (χ2v) is 8.62. The normalized spacial score (nSPS) is 12.8. The van der Waals surface area contributed by atoms with Crippen LogP contribution in [-0.2, 0) is 29.0 Å². The van der Waals surface area contributed by atoms with Gasteiger partial charge in [-0.2, -0.15) is 0 Å². The second-order valence-electron chi connectivity index (χ2n) is 8.62. The number of halogens is 1. The van der Waals surface area contributed by atoms with Crippen molar-refractivity contribution >= 4 is 17.5 Å². The maximum absolute atomic E-state index is 13.6. The van der Waals surface area contributed by atoms with Crippen molar-refractivity contribution in [2.45, 2.75) is 32.2 Å². The minimum Gasteiger partial charge on any atom is -0.497 e. The van der Waals surface area contributed by atoms with Crippen LogP contribution in [0.2, 0.25) is 0 Å². The van der Waals surface area contributed by atoms with Gasteiger partial charge >= 0.3 is 0 Å². The molecule has 3 aromatic carbocycles. The Hall–Kier alpha value is -3.67. The summed E-state index contributed by atoms with van der Waals surface area (Å²) in [5.41, 5.74) is 3.50. The quantitative estimate of drug-likeness (QED) is 0.478. The van der Waals surface area contributed by atoms with E-state index >= 15 is 0 Å². The molecule has 1 N–H and O–H groups in total. The molecule has 3 aromatic rings. The SMILES string of the molecule is COc1ccc(CCNC(=O)Cc2ccc(N(Cc3cccc(F)c3)C(=O)C3CC3)cc2)cc1. The molecular weight excluding hydrogens is 431 g/mol. The lowest BCUT2D eigenvalue weighted by Gasteiger charge is -2.23. The lowest BCUT2D eigenvalue weighted by atomic mass is 10.1. The Morgan fingerprint density at radius 2 is 1.68 bits per heavy atom. The third-order valence-corrected chi connectivity index (χ3v) is 5.93. The molecule has 0 heterocycles. The van der Waals surface area contributed by atoms with E-state index in [-0.39, 0.29) is 30.0 Å². The standard InChI is InChI=1S/C28H29FN2O3/c1-34-26-13-7-20(8-14-26)15-16-30-27(32)18-21-5-11-25(12-6-21)31(28(33)23-9-10-23)19-22-3-2-4-24(29)17-22/h2-8,11-14,17,23H,9-10,15-16,18-19H2,1H3,(H,30,32). The fraction of sp³-hybridized carbons (Fsp3) is 0.286. The van der Waals surface area contributed by atoms with Crippen molar-refractivity contribution in [2.24, 2.45) is 5.92 Å². The summed E-state index contributed by atoms with van der Waals surface area (Å²) in [6, 6.07) is 21.6. The van der Waals surface area contributed by atoms with Crippen molar-refractivity contribution in [3.05, 3.63) is 95.3 Å². The molecule has 1 fully saturated rings. The summed E-state index contributed by atoms with van der Waals surface area (Å²) in [4.78, 5) is 27.0. The number of amides is 2. The first-order valence-corrected chi connectivity index (χ1v) is 11.6. The molecule has 0 aromatic heterocycles. The minimum absolute atomic E-state index is 0.0460. The van der Waals surface area contributed by atoms with E-state index in [0.29, 0.717) is 13.1 Å². The smallest absolute Gasteiger partial charge is 0.230 e. The summed E-state index contributed by atoms with van der Waals surface area (Å²) < 4.78 is 18.8. The third kappa shape index (κ3) is 6.44. The molecule has 0 bridgehead atoms. The van der Waals surface area contributed by atoms with Crippen molar-refractivity contribution in [2.75, 3.05) is 18.6 Å². The van der Waals surface area contributed by atoms with E-state index in [1.165, 1.54) is 12.1 Å². The van der Waals surface area contributed by atoms with Crippen molar-refractivity contribution in [1.82, 2.24) is 5.32 Å². The molecule has 5 nitrogen and oxygen atoms in total. The van der Waals surface area contributed by atoms with E-state index < -0.39 is 0 Å². The maximum Gasteiger partial charge on any atom is 0.230 e. The fourth-order valence-electron chi connectivity index (χ4n) is 3.85. The summed E-state index contributed by atoms with van der Waals surface area (Å²) in [6.07, 6.45) is 2.80. The van der Waals surface area contributed by atoms with Gasteiger partial charge in [0.05, 0.1) is 20.1 Å².